The van der Waals surface area contributed by atoms with E-state index < -0.39 is 12.1 Å². The zero-order chi connectivity index (χ0) is 24.5. The van der Waals surface area contributed by atoms with Crippen LogP contribution in [0.25, 0.3) is 33.1 Å². The summed E-state index contributed by atoms with van der Waals surface area (Å²) >= 11 is 1.59. The fourth-order valence-corrected chi connectivity index (χ4v) is 4.02. The van der Waals surface area contributed by atoms with Gasteiger partial charge in [-0.15, -0.1) is 0 Å². The predicted octanol–water partition coefficient (Wildman–Crippen LogP) is 5.49. The van der Waals surface area contributed by atoms with Gasteiger partial charge in [-0.2, -0.15) is 13.2 Å². The molecule has 3 heterocycles. The summed E-state index contributed by atoms with van der Waals surface area (Å²) in [6.45, 7) is 1.90. The van der Waals surface area contributed by atoms with Crippen molar-refractivity contribution in [1.82, 2.24) is 19.9 Å². The van der Waals surface area contributed by atoms with Gasteiger partial charge in [-0.25, -0.2) is 19.7 Å². The zero-order valence-corrected chi connectivity index (χ0v) is 18.6. The Hall–Kier alpha value is -3.80. The summed E-state index contributed by atoms with van der Waals surface area (Å²) in [5.74, 6) is 0.285. The fraction of sp³-hybridized carbons (Fsp3) is 0.182. The smallest absolute Gasteiger partial charge is 0.490 e. The molecule has 0 spiro atoms. The maximum Gasteiger partial charge on any atom is 0.490 e. The number of carbonyl (C=O) groups is 1. The molecule has 8 nitrogen and oxygen atoms in total. The molecule has 5 aromatic rings. The number of hydrogen-bond donors (Lipinski definition) is 2. The van der Waals surface area contributed by atoms with Gasteiger partial charge in [-0.1, -0.05) is 23.9 Å². The number of nitrogens with one attached hydrogen (secondary N) is 1. The van der Waals surface area contributed by atoms with Crippen LogP contribution in [0.3, 0.4) is 0 Å². The van der Waals surface area contributed by atoms with Gasteiger partial charge in [0.15, 0.2) is 5.58 Å². The van der Waals surface area contributed by atoms with Crippen molar-refractivity contribution in [3.63, 3.8) is 0 Å². The number of aromatic nitrogens is 4. The second-order valence-electron chi connectivity index (χ2n) is 7.01. The number of aryl methyl sites for hydroxylation is 1. The first-order chi connectivity index (χ1) is 16.2. The molecule has 0 aliphatic rings. The summed E-state index contributed by atoms with van der Waals surface area (Å²) in [5, 5.41) is 8.90. The number of aliphatic carboxylic acids is 1. The number of para-hydroxylation sites is 2. The summed E-state index contributed by atoms with van der Waals surface area (Å²) in [4.78, 5) is 26.1. The number of ether oxygens (including phenoxy) is 1. The van der Waals surface area contributed by atoms with Gasteiger partial charge >= 0.3 is 12.1 Å². The minimum atomic E-state index is -5.08. The van der Waals surface area contributed by atoms with Gasteiger partial charge in [0, 0.05) is 11.5 Å². The second-order valence-corrected chi connectivity index (χ2v) is 7.97. The first kappa shape index (κ1) is 23.4. The van der Waals surface area contributed by atoms with Gasteiger partial charge in [0.2, 0.25) is 0 Å². The van der Waals surface area contributed by atoms with Crippen LogP contribution in [-0.2, 0) is 10.5 Å². The lowest BCUT2D eigenvalue weighted by Crippen LogP contribution is -2.21. The number of carboxylic acids is 1. The molecular weight excluding hydrogens is 473 g/mol. The predicted molar refractivity (Wildman–Crippen MR) is 120 cm³/mol. The molecule has 0 saturated carbocycles. The highest BCUT2D eigenvalue weighted by Gasteiger charge is 2.38. The highest BCUT2D eigenvalue weighted by molar-refractivity contribution is 7.98. The number of nitrogens with zero attached hydrogens (tertiary/aromatic N) is 3. The van der Waals surface area contributed by atoms with Crippen LogP contribution in [-0.4, -0.2) is 44.3 Å². The standard InChI is InChI=1S/C20H16N4O2S.C2HF3O2/c1-11-21-18-13-8-7-12(25-2)9-16(13)26-19(18)20(22-11)27-10-17-23-14-5-3-4-6-15(14)24-17;3-2(4,5)1(6)7/h3-9H,10H2,1-2H3,(H,23,24);(H,6,7). The van der Waals surface area contributed by atoms with E-state index in [1.54, 1.807) is 18.9 Å². The van der Waals surface area contributed by atoms with Gasteiger partial charge in [0.05, 0.1) is 23.9 Å². The van der Waals surface area contributed by atoms with Crippen LogP contribution in [0.15, 0.2) is 51.9 Å². The largest absolute Gasteiger partial charge is 0.497 e. The Morgan fingerprint density at radius 3 is 2.59 bits per heavy atom. The minimum Gasteiger partial charge on any atom is -0.497 e. The number of methoxy groups -OCH3 is 1. The number of fused-ring (bicyclic) bond motifs is 4. The third-order valence-electron chi connectivity index (χ3n) is 4.63. The van der Waals surface area contributed by atoms with Crippen molar-refractivity contribution < 1.29 is 32.2 Å². The Kier molecular flexibility index (Phi) is 6.33. The summed E-state index contributed by atoms with van der Waals surface area (Å²) in [5.41, 5.74) is 4.27. The third-order valence-corrected chi connectivity index (χ3v) is 5.60. The van der Waals surface area contributed by atoms with E-state index in [0.29, 0.717) is 17.2 Å². The Morgan fingerprint density at radius 2 is 1.91 bits per heavy atom. The molecule has 0 radical (unpaired) electrons. The topological polar surface area (TPSA) is 114 Å². The maximum atomic E-state index is 10.6. The average Bonchev–Trinajstić information content (AvgIpc) is 3.37. The number of aromatic amines is 1. The SMILES string of the molecule is COc1ccc2c(c1)oc1c(SCc3nc4ccccc4[nH]3)nc(C)nc12.O=C(O)C(F)(F)F. The lowest BCUT2D eigenvalue weighted by atomic mass is 10.2. The molecule has 0 bridgehead atoms. The van der Waals surface area contributed by atoms with E-state index in [9.17, 15) is 13.2 Å². The second kappa shape index (κ2) is 9.21. The number of benzene rings is 2. The number of hydrogen-bond acceptors (Lipinski definition) is 7. The Balaban J connectivity index is 0.000000344. The number of carboxylic acid groups (broad SMARTS) is 1. The highest BCUT2D eigenvalue weighted by atomic mass is 32.2. The number of imidazole rings is 1. The molecule has 12 heteroatoms. The zero-order valence-electron chi connectivity index (χ0n) is 17.8. The third kappa shape index (κ3) is 4.91. The number of halogens is 3. The molecule has 0 unspecified atom stereocenters. The van der Waals surface area contributed by atoms with Crippen LogP contribution in [0.4, 0.5) is 13.2 Å². The monoisotopic (exact) mass is 490 g/mol. The van der Waals surface area contributed by atoms with E-state index in [-0.39, 0.29) is 0 Å². The maximum absolute atomic E-state index is 10.6. The van der Waals surface area contributed by atoms with Crippen molar-refractivity contribution >= 4 is 50.8 Å². The lowest BCUT2D eigenvalue weighted by molar-refractivity contribution is -0.192. The highest BCUT2D eigenvalue weighted by Crippen LogP contribution is 2.35. The first-order valence-electron chi connectivity index (χ1n) is 9.77. The van der Waals surface area contributed by atoms with Gasteiger partial charge in [0.25, 0.3) is 0 Å². The van der Waals surface area contributed by atoms with Gasteiger partial charge < -0.3 is 19.2 Å². The van der Waals surface area contributed by atoms with Crippen molar-refractivity contribution in [3.8, 4) is 5.75 Å². The van der Waals surface area contributed by atoms with Crippen LogP contribution >= 0.6 is 11.8 Å². The van der Waals surface area contributed by atoms with Gasteiger partial charge in [0.1, 0.15) is 33.5 Å². The van der Waals surface area contributed by atoms with Gasteiger partial charge in [-0.3, -0.25) is 0 Å². The number of rotatable bonds is 4. The molecule has 2 aromatic carbocycles. The van der Waals surface area contributed by atoms with Crippen molar-refractivity contribution in [2.45, 2.75) is 23.9 Å². The van der Waals surface area contributed by atoms with Crippen molar-refractivity contribution in [1.29, 1.82) is 0 Å². The Morgan fingerprint density at radius 1 is 1.18 bits per heavy atom. The average molecular weight is 490 g/mol. The number of alkyl halides is 3. The molecule has 5 rings (SSSR count). The van der Waals surface area contributed by atoms with E-state index in [1.807, 2.05) is 49.4 Å². The van der Waals surface area contributed by atoms with E-state index in [0.717, 1.165) is 44.1 Å². The van der Waals surface area contributed by atoms with Crippen molar-refractivity contribution in [2.24, 2.45) is 0 Å². The lowest BCUT2D eigenvalue weighted by Gasteiger charge is -2.01. The molecule has 0 fully saturated rings. The van der Waals surface area contributed by atoms with Crippen LogP contribution in [0.1, 0.15) is 11.6 Å². The molecule has 0 amide bonds. The number of H-pyrrole nitrogens is 1. The molecule has 0 aliphatic heterocycles. The van der Waals surface area contributed by atoms with E-state index in [2.05, 4.69) is 19.9 Å². The molecule has 34 heavy (non-hydrogen) atoms. The Bertz CT molecular complexity index is 1460. The molecule has 2 N–H and O–H groups in total. The Labute approximate surface area is 194 Å². The minimum absolute atomic E-state index is 0.667. The van der Waals surface area contributed by atoms with Crippen molar-refractivity contribution in [3.05, 3.63) is 54.1 Å². The van der Waals surface area contributed by atoms with Gasteiger partial charge in [-0.05, 0) is 31.2 Å². The molecule has 0 saturated heterocycles. The van der Waals surface area contributed by atoms with Crippen LogP contribution in [0.2, 0.25) is 0 Å². The van der Waals surface area contributed by atoms with Crippen molar-refractivity contribution in [2.75, 3.05) is 7.11 Å². The number of thioether (sulfide) groups is 1. The normalized spacial score (nSPS) is 11.6. The fourth-order valence-electron chi connectivity index (χ4n) is 3.14. The summed E-state index contributed by atoms with van der Waals surface area (Å²) in [6, 6.07) is 13.8. The molecule has 3 aromatic heterocycles. The van der Waals surface area contributed by atoms with E-state index >= 15 is 0 Å². The summed E-state index contributed by atoms with van der Waals surface area (Å²) < 4.78 is 43.1. The van der Waals surface area contributed by atoms with Crippen LogP contribution in [0.5, 0.6) is 5.75 Å². The van der Waals surface area contributed by atoms with E-state index in [1.165, 1.54) is 0 Å². The van der Waals surface area contributed by atoms with Crippen LogP contribution in [0, 0.1) is 6.92 Å². The first-order valence-corrected chi connectivity index (χ1v) is 10.8. The molecule has 176 valence electrons. The number of furan rings is 1. The molecule has 0 atom stereocenters. The molecular formula is C22H17F3N4O4S. The molecule has 0 aliphatic carbocycles. The summed E-state index contributed by atoms with van der Waals surface area (Å²) in [7, 11) is 1.64. The van der Waals surface area contributed by atoms with Crippen LogP contribution < -0.4 is 4.74 Å². The summed E-state index contributed by atoms with van der Waals surface area (Å²) in [6.07, 6.45) is -5.08. The quantitative estimate of drug-likeness (QED) is 0.251. The van der Waals surface area contributed by atoms with E-state index in [4.69, 9.17) is 19.1 Å².